The van der Waals surface area contributed by atoms with Crippen LogP contribution < -0.4 is 10.2 Å². The lowest BCUT2D eigenvalue weighted by molar-refractivity contribution is -0.917. The van der Waals surface area contributed by atoms with E-state index in [0.717, 1.165) is 10.5 Å². The molecule has 0 radical (unpaired) electrons. The smallest absolute Gasteiger partial charge is 0.282 e. The van der Waals surface area contributed by atoms with Gasteiger partial charge >= 0.3 is 0 Å². The van der Waals surface area contributed by atoms with Crippen molar-refractivity contribution >= 4 is 50.9 Å². The van der Waals surface area contributed by atoms with Gasteiger partial charge in [0, 0.05) is 10.4 Å². The van der Waals surface area contributed by atoms with Crippen LogP contribution in [0.25, 0.3) is 6.08 Å². The van der Waals surface area contributed by atoms with Gasteiger partial charge in [-0.05, 0) is 36.8 Å². The van der Waals surface area contributed by atoms with E-state index in [4.69, 9.17) is 23.2 Å². The number of hydrogen-bond acceptors (Lipinski definition) is 3. The Kier molecular flexibility index (Phi) is 7.55. The number of benzene rings is 2. The number of quaternary nitrogens is 1. The van der Waals surface area contributed by atoms with Gasteiger partial charge in [0.25, 0.3) is 5.91 Å². The summed E-state index contributed by atoms with van der Waals surface area (Å²) in [6.45, 7) is 3.60. The summed E-state index contributed by atoms with van der Waals surface area (Å²) in [4.78, 5) is 13.7. The van der Waals surface area contributed by atoms with Gasteiger partial charge in [0.2, 0.25) is 10.0 Å². The maximum Gasteiger partial charge on any atom is 0.282 e. The number of nitrogens with zero attached hydrogens (tertiary/aromatic N) is 1. The quantitative estimate of drug-likeness (QED) is 0.683. The van der Waals surface area contributed by atoms with Crippen molar-refractivity contribution in [3.8, 4) is 0 Å². The summed E-state index contributed by atoms with van der Waals surface area (Å²) in [6.07, 6.45) is 1.60. The number of nitrogens with one attached hydrogen (secondary N) is 2. The molecule has 1 heterocycles. The number of halogens is 2. The zero-order valence-corrected chi connectivity index (χ0v) is 18.8. The average Bonchev–Trinajstić information content (AvgIpc) is 2.75. The van der Waals surface area contributed by atoms with Gasteiger partial charge < -0.3 is 10.2 Å². The van der Waals surface area contributed by atoms with Crippen molar-refractivity contribution in [3.05, 3.63) is 69.5 Å². The molecule has 1 amide bonds. The summed E-state index contributed by atoms with van der Waals surface area (Å²) >= 11 is 12.1. The fourth-order valence-electron chi connectivity index (χ4n) is 3.30. The Balaban J connectivity index is 1.57. The van der Waals surface area contributed by atoms with Crippen molar-refractivity contribution in [2.24, 2.45) is 0 Å². The van der Waals surface area contributed by atoms with Crippen LogP contribution in [0, 0.1) is 0 Å². The molecular formula is C21H24Cl2N3O3S+. The van der Waals surface area contributed by atoms with E-state index < -0.39 is 10.0 Å². The lowest BCUT2D eigenvalue weighted by Crippen LogP contribution is -3.19. The fourth-order valence-corrected chi connectivity index (χ4v) is 4.83. The van der Waals surface area contributed by atoms with Gasteiger partial charge in [-0.3, -0.25) is 4.79 Å². The van der Waals surface area contributed by atoms with Gasteiger partial charge in [0.15, 0.2) is 6.04 Å². The number of hydrogen-bond donors (Lipinski definition) is 2. The molecule has 2 N–H and O–H groups in total. The van der Waals surface area contributed by atoms with Crippen molar-refractivity contribution in [2.75, 3.05) is 31.5 Å². The highest BCUT2D eigenvalue weighted by molar-refractivity contribution is 7.92. The van der Waals surface area contributed by atoms with Gasteiger partial charge in [-0.25, -0.2) is 8.42 Å². The first-order valence-electron chi connectivity index (χ1n) is 9.60. The van der Waals surface area contributed by atoms with Gasteiger partial charge in [0.05, 0.1) is 36.9 Å². The fraction of sp³-hybridized carbons (Fsp3) is 0.286. The number of sulfonamides is 1. The van der Waals surface area contributed by atoms with E-state index in [0.29, 0.717) is 41.9 Å². The first kappa shape index (κ1) is 22.8. The molecule has 0 unspecified atom stereocenters. The molecule has 1 aliphatic heterocycles. The molecule has 1 atom stereocenters. The highest BCUT2D eigenvalue weighted by Gasteiger charge is 2.33. The molecule has 0 aliphatic carbocycles. The molecule has 1 aliphatic rings. The zero-order chi connectivity index (χ0) is 21.7. The molecule has 0 spiro atoms. The van der Waals surface area contributed by atoms with Crippen molar-refractivity contribution in [1.82, 2.24) is 4.31 Å². The summed E-state index contributed by atoms with van der Waals surface area (Å²) in [5, 5.41) is 4.95. The van der Waals surface area contributed by atoms with Gasteiger partial charge in [-0.15, -0.1) is 0 Å². The predicted octanol–water partition coefficient (Wildman–Crippen LogP) is 2.52. The summed E-state index contributed by atoms with van der Waals surface area (Å²) < 4.78 is 26.7. The van der Waals surface area contributed by atoms with Gasteiger partial charge in [-0.2, -0.15) is 4.31 Å². The summed E-state index contributed by atoms with van der Waals surface area (Å²) in [6, 6.07) is 13.8. The van der Waals surface area contributed by atoms with Crippen molar-refractivity contribution in [1.29, 1.82) is 0 Å². The molecule has 0 aromatic heterocycles. The third-order valence-corrected chi connectivity index (χ3v) is 7.28. The molecule has 2 aromatic rings. The van der Waals surface area contributed by atoms with Crippen LogP contribution in [0.4, 0.5) is 5.69 Å². The Morgan fingerprint density at radius 3 is 2.47 bits per heavy atom. The van der Waals surface area contributed by atoms with Gasteiger partial charge in [-0.1, -0.05) is 53.5 Å². The number of piperazine rings is 1. The van der Waals surface area contributed by atoms with E-state index in [1.54, 1.807) is 24.3 Å². The number of rotatable bonds is 6. The molecule has 0 saturated carbocycles. The number of amides is 1. The standard InChI is InChI=1S/C21H23Cl2N3O3S/c1-16(21(27)24-20-15-18(22)7-8-19(20)23)25-10-12-26(13-11-25)30(28,29)14-9-17-5-3-2-4-6-17/h2-9,14-16H,10-13H2,1H3,(H,24,27)/p+1/b14-9+/t16-/m1/s1. The minimum atomic E-state index is -3.50. The normalized spacial score (nSPS) is 17.2. The second kappa shape index (κ2) is 9.94. The minimum Gasteiger partial charge on any atom is -0.323 e. The number of carbonyl (C=O) groups is 1. The van der Waals surface area contributed by atoms with Gasteiger partial charge in [0.1, 0.15) is 0 Å². The lowest BCUT2D eigenvalue weighted by Gasteiger charge is -2.33. The monoisotopic (exact) mass is 468 g/mol. The minimum absolute atomic E-state index is 0.186. The van der Waals surface area contributed by atoms with Crippen LogP contribution in [0.1, 0.15) is 12.5 Å². The summed E-state index contributed by atoms with van der Waals surface area (Å²) in [5.74, 6) is -0.186. The summed E-state index contributed by atoms with van der Waals surface area (Å²) in [7, 11) is -3.50. The molecular weight excluding hydrogens is 445 g/mol. The van der Waals surface area contributed by atoms with Crippen molar-refractivity contribution < 1.29 is 18.1 Å². The van der Waals surface area contributed by atoms with Crippen molar-refractivity contribution in [3.63, 3.8) is 0 Å². The first-order chi connectivity index (χ1) is 14.3. The Bertz CT molecular complexity index is 1020. The van der Waals surface area contributed by atoms with Crippen molar-refractivity contribution in [2.45, 2.75) is 13.0 Å². The molecule has 1 fully saturated rings. The Hall–Kier alpha value is -1.90. The topological polar surface area (TPSA) is 70.9 Å². The molecule has 3 rings (SSSR count). The number of carbonyl (C=O) groups excluding carboxylic acids is 1. The molecule has 9 heteroatoms. The summed E-state index contributed by atoms with van der Waals surface area (Å²) in [5.41, 5.74) is 1.29. The second-order valence-corrected chi connectivity index (χ2v) is 9.81. The highest BCUT2D eigenvalue weighted by Crippen LogP contribution is 2.25. The molecule has 30 heavy (non-hydrogen) atoms. The molecule has 6 nitrogen and oxygen atoms in total. The van der Waals surface area contributed by atoms with E-state index >= 15 is 0 Å². The largest absolute Gasteiger partial charge is 0.323 e. The van der Waals surface area contributed by atoms with Crippen LogP contribution in [0.15, 0.2) is 53.9 Å². The molecule has 2 aromatic carbocycles. The zero-order valence-electron chi connectivity index (χ0n) is 16.5. The van der Waals surface area contributed by atoms with E-state index in [9.17, 15) is 13.2 Å². The Morgan fingerprint density at radius 1 is 1.13 bits per heavy atom. The average molecular weight is 469 g/mol. The third kappa shape index (κ3) is 5.83. The predicted molar refractivity (Wildman–Crippen MR) is 121 cm³/mol. The SMILES string of the molecule is C[C@H](C(=O)Nc1cc(Cl)ccc1Cl)[NH+]1CCN(S(=O)(=O)/C=C/c2ccccc2)CC1. The molecule has 1 saturated heterocycles. The number of anilines is 1. The van der Waals surface area contributed by atoms with Crippen LogP contribution in [0.3, 0.4) is 0 Å². The van der Waals surface area contributed by atoms with Crippen LogP contribution in [0.2, 0.25) is 10.0 Å². The van der Waals surface area contributed by atoms with Crippen LogP contribution in [-0.2, 0) is 14.8 Å². The van der Waals surface area contributed by atoms with E-state index in [-0.39, 0.29) is 11.9 Å². The molecule has 0 bridgehead atoms. The first-order valence-corrected chi connectivity index (χ1v) is 11.9. The molecule has 160 valence electrons. The Labute approximate surface area is 187 Å². The van der Waals surface area contributed by atoms with Crippen LogP contribution in [0.5, 0.6) is 0 Å². The lowest BCUT2D eigenvalue weighted by atomic mass is 10.2. The maximum absolute atomic E-state index is 12.6. The third-order valence-electron chi connectivity index (χ3n) is 5.15. The van der Waals surface area contributed by atoms with E-state index in [2.05, 4.69) is 5.32 Å². The van der Waals surface area contributed by atoms with Crippen LogP contribution in [-0.4, -0.2) is 50.9 Å². The van der Waals surface area contributed by atoms with E-state index in [1.165, 1.54) is 9.71 Å². The van der Waals surface area contributed by atoms with E-state index in [1.807, 2.05) is 37.3 Å². The maximum atomic E-state index is 12.6. The van der Waals surface area contributed by atoms with Crippen LogP contribution >= 0.6 is 23.2 Å². The highest BCUT2D eigenvalue weighted by atomic mass is 35.5. The Morgan fingerprint density at radius 2 is 1.80 bits per heavy atom. The second-order valence-electron chi connectivity index (χ2n) is 7.15.